The molecule has 0 aliphatic carbocycles. The first-order valence-corrected chi connectivity index (χ1v) is 6.34. The Morgan fingerprint density at radius 3 is 2.69 bits per heavy atom. The van der Waals surface area contributed by atoms with Gasteiger partial charge >= 0.3 is 0 Å². The summed E-state index contributed by atoms with van der Waals surface area (Å²) >= 11 is 0. The van der Waals surface area contributed by atoms with Crippen molar-refractivity contribution in [2.24, 2.45) is 0 Å². The summed E-state index contributed by atoms with van der Waals surface area (Å²) in [6, 6.07) is 0. The second-order valence-corrected chi connectivity index (χ2v) is 4.72. The highest BCUT2D eigenvalue weighted by atomic mass is 16.5. The van der Waals surface area contributed by atoms with Gasteiger partial charge in [-0.15, -0.1) is 0 Å². The van der Waals surface area contributed by atoms with E-state index in [1.807, 2.05) is 7.05 Å². The van der Waals surface area contributed by atoms with Gasteiger partial charge in [0, 0.05) is 26.2 Å². The largest absolute Gasteiger partial charge is 0.389 e. The predicted octanol–water partition coefficient (Wildman–Crippen LogP) is 0.458. The molecular formula is C12H26N2O2. The molecule has 0 aromatic rings. The average Bonchev–Trinajstić information content (AvgIpc) is 2.30. The van der Waals surface area contributed by atoms with Crippen LogP contribution in [0.4, 0.5) is 0 Å². The van der Waals surface area contributed by atoms with Crippen LogP contribution in [0.1, 0.15) is 26.7 Å². The maximum Gasteiger partial charge on any atom is 0.0826 e. The van der Waals surface area contributed by atoms with Gasteiger partial charge < -0.3 is 15.2 Å². The molecule has 1 atom stereocenters. The second kappa shape index (κ2) is 6.55. The molecule has 16 heavy (non-hydrogen) atoms. The van der Waals surface area contributed by atoms with Gasteiger partial charge in [0.1, 0.15) is 0 Å². The van der Waals surface area contributed by atoms with Crippen molar-refractivity contribution in [1.29, 1.82) is 0 Å². The molecule has 96 valence electrons. The van der Waals surface area contributed by atoms with E-state index in [9.17, 15) is 5.11 Å². The summed E-state index contributed by atoms with van der Waals surface area (Å²) in [6.07, 6.45) is 1.89. The number of hydrogen-bond donors (Lipinski definition) is 2. The molecule has 0 saturated carbocycles. The van der Waals surface area contributed by atoms with Crippen molar-refractivity contribution in [3.8, 4) is 0 Å². The minimum Gasteiger partial charge on any atom is -0.389 e. The Hall–Kier alpha value is -0.160. The van der Waals surface area contributed by atoms with E-state index in [1.54, 1.807) is 0 Å². The molecule has 4 heteroatoms. The molecule has 0 bridgehead atoms. The lowest BCUT2D eigenvalue weighted by atomic mass is 9.96. The molecule has 0 amide bonds. The molecule has 1 unspecified atom stereocenters. The summed E-state index contributed by atoms with van der Waals surface area (Å²) in [6.45, 7) is 8.38. The summed E-state index contributed by atoms with van der Waals surface area (Å²) < 4.78 is 5.64. The zero-order valence-corrected chi connectivity index (χ0v) is 10.8. The molecule has 0 spiro atoms. The van der Waals surface area contributed by atoms with Crippen molar-refractivity contribution in [3.05, 3.63) is 0 Å². The van der Waals surface area contributed by atoms with Crippen LogP contribution in [0.5, 0.6) is 0 Å². The van der Waals surface area contributed by atoms with Crippen LogP contribution in [-0.4, -0.2) is 61.5 Å². The highest BCUT2D eigenvalue weighted by Gasteiger charge is 2.28. The van der Waals surface area contributed by atoms with Crippen LogP contribution in [-0.2, 0) is 4.74 Å². The standard InChI is InChI=1S/C12H26N2O2/c1-4-12(15,5-2)10-14-6-7-16-11(9-14)8-13-3/h11,13,15H,4-10H2,1-3H3. The van der Waals surface area contributed by atoms with Gasteiger partial charge in [0.25, 0.3) is 0 Å². The molecule has 0 aromatic carbocycles. The zero-order valence-electron chi connectivity index (χ0n) is 10.8. The van der Waals surface area contributed by atoms with Crippen molar-refractivity contribution in [2.45, 2.75) is 38.4 Å². The minimum absolute atomic E-state index is 0.261. The van der Waals surface area contributed by atoms with Gasteiger partial charge in [-0.3, -0.25) is 4.90 Å². The van der Waals surface area contributed by atoms with Crippen molar-refractivity contribution >= 4 is 0 Å². The molecule has 1 fully saturated rings. The third-order valence-electron chi connectivity index (χ3n) is 3.49. The van der Waals surface area contributed by atoms with Crippen LogP contribution in [0.3, 0.4) is 0 Å². The van der Waals surface area contributed by atoms with Crippen LogP contribution in [0.25, 0.3) is 0 Å². The quantitative estimate of drug-likeness (QED) is 0.696. The number of aliphatic hydroxyl groups is 1. The Morgan fingerprint density at radius 2 is 2.12 bits per heavy atom. The molecule has 4 nitrogen and oxygen atoms in total. The van der Waals surface area contributed by atoms with Crippen molar-refractivity contribution < 1.29 is 9.84 Å². The minimum atomic E-state index is -0.526. The Morgan fingerprint density at radius 1 is 1.44 bits per heavy atom. The Kier molecular flexibility index (Phi) is 5.69. The third kappa shape index (κ3) is 4.01. The van der Waals surface area contributed by atoms with Gasteiger partial charge in [0.2, 0.25) is 0 Å². The van der Waals surface area contributed by atoms with E-state index in [0.29, 0.717) is 0 Å². The van der Waals surface area contributed by atoms with Gasteiger partial charge in [0.05, 0.1) is 18.3 Å². The maximum absolute atomic E-state index is 10.3. The molecular weight excluding hydrogens is 204 g/mol. The molecule has 1 aliphatic rings. The number of likely N-dealkylation sites (N-methyl/N-ethyl adjacent to an activating group) is 1. The first kappa shape index (κ1) is 13.9. The van der Waals surface area contributed by atoms with Crippen molar-refractivity contribution in [2.75, 3.05) is 39.8 Å². The van der Waals surface area contributed by atoms with Gasteiger partial charge in [0.15, 0.2) is 0 Å². The monoisotopic (exact) mass is 230 g/mol. The summed E-state index contributed by atoms with van der Waals surface area (Å²) in [5.74, 6) is 0. The number of nitrogens with zero attached hydrogens (tertiary/aromatic N) is 1. The number of β-amino-alcohol motifs (C(OH)–C–C–N with tert-alkyl or cyclic N) is 1. The Labute approximate surface area is 99.0 Å². The van der Waals surface area contributed by atoms with Gasteiger partial charge in [-0.25, -0.2) is 0 Å². The van der Waals surface area contributed by atoms with E-state index in [2.05, 4.69) is 24.1 Å². The van der Waals surface area contributed by atoms with Crippen LogP contribution >= 0.6 is 0 Å². The Balaban J connectivity index is 2.41. The summed E-state index contributed by atoms with van der Waals surface area (Å²) in [5, 5.41) is 13.4. The van der Waals surface area contributed by atoms with E-state index in [-0.39, 0.29) is 6.10 Å². The molecule has 0 aromatic heterocycles. The van der Waals surface area contributed by atoms with Gasteiger partial charge in [-0.2, -0.15) is 0 Å². The third-order valence-corrected chi connectivity index (χ3v) is 3.49. The SMILES string of the molecule is CCC(O)(CC)CN1CCOC(CNC)C1. The van der Waals surface area contributed by atoms with E-state index >= 15 is 0 Å². The fraction of sp³-hybridized carbons (Fsp3) is 1.00. The predicted molar refractivity (Wildman–Crippen MR) is 65.6 cm³/mol. The number of nitrogens with one attached hydrogen (secondary N) is 1. The first-order chi connectivity index (χ1) is 7.63. The summed E-state index contributed by atoms with van der Waals surface area (Å²) in [4.78, 5) is 2.32. The van der Waals surface area contributed by atoms with Crippen LogP contribution in [0, 0.1) is 0 Å². The lowest BCUT2D eigenvalue weighted by Gasteiger charge is -2.38. The number of rotatable bonds is 6. The van der Waals surface area contributed by atoms with Gasteiger partial charge in [-0.1, -0.05) is 13.8 Å². The number of ether oxygens (including phenoxy) is 1. The summed E-state index contributed by atoms with van der Waals surface area (Å²) in [5.41, 5.74) is -0.526. The summed E-state index contributed by atoms with van der Waals surface area (Å²) in [7, 11) is 1.94. The lowest BCUT2D eigenvalue weighted by Crippen LogP contribution is -2.51. The van der Waals surface area contributed by atoms with Crippen LogP contribution in [0.15, 0.2) is 0 Å². The first-order valence-electron chi connectivity index (χ1n) is 6.34. The average molecular weight is 230 g/mol. The highest BCUT2D eigenvalue weighted by molar-refractivity contribution is 4.82. The highest BCUT2D eigenvalue weighted by Crippen LogP contribution is 2.18. The molecule has 1 rings (SSSR count). The van der Waals surface area contributed by atoms with Crippen LogP contribution < -0.4 is 5.32 Å². The van der Waals surface area contributed by atoms with Crippen molar-refractivity contribution in [1.82, 2.24) is 10.2 Å². The Bertz CT molecular complexity index is 193. The van der Waals surface area contributed by atoms with Crippen LogP contribution in [0.2, 0.25) is 0 Å². The molecule has 2 N–H and O–H groups in total. The maximum atomic E-state index is 10.3. The van der Waals surface area contributed by atoms with Gasteiger partial charge in [-0.05, 0) is 19.9 Å². The van der Waals surface area contributed by atoms with E-state index in [4.69, 9.17) is 4.74 Å². The molecule has 1 heterocycles. The van der Waals surface area contributed by atoms with E-state index in [0.717, 1.165) is 45.6 Å². The van der Waals surface area contributed by atoms with E-state index < -0.39 is 5.60 Å². The van der Waals surface area contributed by atoms with E-state index in [1.165, 1.54) is 0 Å². The number of morpholine rings is 1. The second-order valence-electron chi connectivity index (χ2n) is 4.72. The smallest absolute Gasteiger partial charge is 0.0826 e. The molecule has 0 radical (unpaired) electrons. The number of hydrogen-bond acceptors (Lipinski definition) is 4. The molecule has 1 saturated heterocycles. The molecule has 1 aliphatic heterocycles. The van der Waals surface area contributed by atoms with Crippen molar-refractivity contribution in [3.63, 3.8) is 0 Å². The topological polar surface area (TPSA) is 44.7 Å². The lowest BCUT2D eigenvalue weighted by molar-refractivity contribution is -0.0653. The fourth-order valence-corrected chi connectivity index (χ4v) is 2.17. The fourth-order valence-electron chi connectivity index (χ4n) is 2.17. The normalized spacial score (nSPS) is 23.6. The zero-order chi connectivity index (χ0) is 12.0.